The van der Waals surface area contributed by atoms with E-state index in [4.69, 9.17) is 4.99 Å². The zero-order valence-electron chi connectivity index (χ0n) is 14.6. The number of benzene rings is 1. The summed E-state index contributed by atoms with van der Waals surface area (Å²) in [4.78, 5) is 21.6. The Balaban J connectivity index is 1.23. The van der Waals surface area contributed by atoms with Crippen LogP contribution in [0.2, 0.25) is 0 Å². The number of nitrogens with zero attached hydrogens (tertiary/aromatic N) is 3. The van der Waals surface area contributed by atoms with E-state index in [9.17, 15) is 4.79 Å². The summed E-state index contributed by atoms with van der Waals surface area (Å²) in [6.45, 7) is 3.42. The largest absolute Gasteiger partial charge is 0.368 e. The van der Waals surface area contributed by atoms with Crippen LogP contribution in [0.4, 0.5) is 5.69 Å². The van der Waals surface area contributed by atoms with E-state index in [1.54, 1.807) is 11.8 Å². The van der Waals surface area contributed by atoms with Crippen LogP contribution < -0.4 is 10.2 Å². The van der Waals surface area contributed by atoms with Crippen molar-refractivity contribution in [3.8, 4) is 0 Å². The quantitative estimate of drug-likeness (QED) is 0.901. The first-order chi connectivity index (χ1) is 12.3. The zero-order valence-corrected chi connectivity index (χ0v) is 15.4. The van der Waals surface area contributed by atoms with Crippen molar-refractivity contribution in [2.24, 2.45) is 4.99 Å². The lowest BCUT2D eigenvalue weighted by molar-refractivity contribution is -0.128. The highest BCUT2D eigenvalue weighted by molar-refractivity contribution is 8.14. The summed E-state index contributed by atoms with van der Waals surface area (Å²) >= 11 is 1.58. The van der Waals surface area contributed by atoms with Gasteiger partial charge in [0.05, 0.1) is 17.8 Å². The van der Waals surface area contributed by atoms with Crippen molar-refractivity contribution >= 4 is 28.5 Å². The number of nitrogens with one attached hydrogen (secondary N) is 1. The zero-order chi connectivity index (χ0) is 17.1. The molecule has 1 N–H and O–H groups in total. The van der Waals surface area contributed by atoms with Gasteiger partial charge in [0, 0.05) is 31.9 Å². The van der Waals surface area contributed by atoms with Gasteiger partial charge in [-0.3, -0.25) is 9.79 Å². The van der Waals surface area contributed by atoms with Crippen molar-refractivity contribution in [3.63, 3.8) is 0 Å². The Labute approximate surface area is 153 Å². The van der Waals surface area contributed by atoms with Gasteiger partial charge in [-0.05, 0) is 25.0 Å². The number of amidine groups is 1. The summed E-state index contributed by atoms with van der Waals surface area (Å²) in [5, 5.41) is 4.49. The summed E-state index contributed by atoms with van der Waals surface area (Å²) in [7, 11) is 0. The lowest BCUT2D eigenvalue weighted by Crippen LogP contribution is -2.49. The molecule has 1 amide bonds. The first kappa shape index (κ1) is 16.8. The fourth-order valence-corrected chi connectivity index (χ4v) is 4.82. The molecule has 1 saturated heterocycles. The highest BCUT2D eigenvalue weighted by Crippen LogP contribution is 2.27. The second-order valence-corrected chi connectivity index (χ2v) is 7.99. The SMILES string of the molecule is O=C(CSC1=NC2CCCCC2N1)N1CCN(c2ccccc2)CC1. The summed E-state index contributed by atoms with van der Waals surface area (Å²) in [5.74, 6) is 0.730. The number of thioether (sulfide) groups is 1. The molecule has 2 atom stereocenters. The van der Waals surface area contributed by atoms with Crippen LogP contribution in [0.15, 0.2) is 35.3 Å². The Kier molecular flexibility index (Phi) is 5.15. The van der Waals surface area contributed by atoms with E-state index in [-0.39, 0.29) is 5.91 Å². The Bertz CT molecular complexity index is 628. The van der Waals surface area contributed by atoms with Gasteiger partial charge in [-0.25, -0.2) is 0 Å². The number of carbonyl (C=O) groups excluding carboxylic acids is 1. The van der Waals surface area contributed by atoms with Gasteiger partial charge in [-0.2, -0.15) is 0 Å². The number of fused-ring (bicyclic) bond motifs is 1. The smallest absolute Gasteiger partial charge is 0.233 e. The number of para-hydroxylation sites is 1. The minimum absolute atomic E-state index is 0.233. The van der Waals surface area contributed by atoms with Gasteiger partial charge in [0.25, 0.3) is 0 Å². The van der Waals surface area contributed by atoms with Gasteiger partial charge in [-0.15, -0.1) is 0 Å². The molecule has 4 rings (SSSR count). The van der Waals surface area contributed by atoms with E-state index >= 15 is 0 Å². The molecule has 134 valence electrons. The maximum atomic E-state index is 12.5. The molecule has 6 heteroatoms. The molecule has 1 aromatic carbocycles. The van der Waals surface area contributed by atoms with Crippen molar-refractivity contribution in [2.75, 3.05) is 36.8 Å². The molecule has 1 saturated carbocycles. The topological polar surface area (TPSA) is 47.9 Å². The standard InChI is InChI=1S/C19H26N4OS/c24-18(14-25-19-20-16-8-4-5-9-17(16)21-19)23-12-10-22(11-13-23)15-6-2-1-3-7-15/h1-3,6-7,16-17H,4-5,8-14H2,(H,20,21). The van der Waals surface area contributed by atoms with E-state index in [1.807, 2.05) is 11.0 Å². The Morgan fingerprint density at radius 2 is 1.88 bits per heavy atom. The first-order valence-corrected chi connectivity index (χ1v) is 10.3. The molecule has 2 heterocycles. The van der Waals surface area contributed by atoms with Crippen LogP contribution in [0.25, 0.3) is 0 Å². The number of anilines is 1. The van der Waals surface area contributed by atoms with Crippen molar-refractivity contribution < 1.29 is 4.79 Å². The predicted molar refractivity (Wildman–Crippen MR) is 104 cm³/mol. The van der Waals surface area contributed by atoms with E-state index in [2.05, 4.69) is 34.5 Å². The van der Waals surface area contributed by atoms with Crippen molar-refractivity contribution in [1.82, 2.24) is 10.2 Å². The molecule has 25 heavy (non-hydrogen) atoms. The Morgan fingerprint density at radius 3 is 2.64 bits per heavy atom. The van der Waals surface area contributed by atoms with E-state index in [0.29, 0.717) is 17.8 Å². The van der Waals surface area contributed by atoms with Gasteiger partial charge in [0.2, 0.25) is 5.91 Å². The summed E-state index contributed by atoms with van der Waals surface area (Å²) < 4.78 is 0. The first-order valence-electron chi connectivity index (χ1n) is 9.34. The Hall–Kier alpha value is -1.69. The van der Waals surface area contributed by atoms with Crippen LogP contribution >= 0.6 is 11.8 Å². The van der Waals surface area contributed by atoms with E-state index in [0.717, 1.165) is 31.3 Å². The highest BCUT2D eigenvalue weighted by atomic mass is 32.2. The van der Waals surface area contributed by atoms with Gasteiger partial charge in [0.1, 0.15) is 0 Å². The normalized spacial score (nSPS) is 26.0. The van der Waals surface area contributed by atoms with E-state index in [1.165, 1.54) is 31.4 Å². The number of aliphatic imine (C=N–C) groups is 1. The number of rotatable bonds is 3. The van der Waals surface area contributed by atoms with Crippen LogP contribution in [0, 0.1) is 0 Å². The minimum atomic E-state index is 0.233. The molecule has 3 aliphatic rings. The third-order valence-electron chi connectivity index (χ3n) is 5.41. The monoisotopic (exact) mass is 358 g/mol. The minimum Gasteiger partial charge on any atom is -0.368 e. The second kappa shape index (κ2) is 7.68. The van der Waals surface area contributed by atoms with Crippen LogP contribution in [-0.2, 0) is 4.79 Å². The number of hydrogen-bond acceptors (Lipinski definition) is 5. The predicted octanol–water partition coefficient (Wildman–Crippen LogP) is 2.34. The molecule has 0 spiro atoms. The highest BCUT2D eigenvalue weighted by Gasteiger charge is 2.31. The van der Waals surface area contributed by atoms with Crippen LogP contribution in [-0.4, -0.2) is 60.0 Å². The molecule has 0 radical (unpaired) electrons. The molecule has 2 fully saturated rings. The maximum Gasteiger partial charge on any atom is 0.233 e. The van der Waals surface area contributed by atoms with Gasteiger partial charge < -0.3 is 15.1 Å². The number of hydrogen-bond donors (Lipinski definition) is 1. The molecule has 1 aliphatic carbocycles. The molecule has 2 aliphatic heterocycles. The van der Waals surface area contributed by atoms with Crippen molar-refractivity contribution in [2.45, 2.75) is 37.8 Å². The van der Waals surface area contributed by atoms with Crippen molar-refractivity contribution in [3.05, 3.63) is 30.3 Å². The fraction of sp³-hybridized carbons (Fsp3) is 0.579. The third-order valence-corrected chi connectivity index (χ3v) is 6.30. The molecule has 2 unspecified atom stereocenters. The Morgan fingerprint density at radius 1 is 1.12 bits per heavy atom. The maximum absolute atomic E-state index is 12.5. The van der Waals surface area contributed by atoms with Crippen molar-refractivity contribution in [1.29, 1.82) is 0 Å². The summed E-state index contributed by atoms with van der Waals surface area (Å²) in [6.07, 6.45) is 4.99. The fourth-order valence-electron chi connectivity index (χ4n) is 3.93. The van der Waals surface area contributed by atoms with Gasteiger partial charge in [0.15, 0.2) is 5.17 Å². The molecule has 1 aromatic rings. The number of piperazine rings is 1. The second-order valence-electron chi connectivity index (χ2n) is 7.03. The molecular formula is C19H26N4OS. The number of carbonyl (C=O) groups is 1. The lowest BCUT2D eigenvalue weighted by atomic mass is 9.92. The molecular weight excluding hydrogens is 332 g/mol. The lowest BCUT2D eigenvalue weighted by Gasteiger charge is -2.36. The van der Waals surface area contributed by atoms with Crippen LogP contribution in [0.1, 0.15) is 25.7 Å². The van der Waals surface area contributed by atoms with E-state index < -0.39 is 0 Å². The summed E-state index contributed by atoms with van der Waals surface area (Å²) in [6, 6.07) is 11.4. The van der Waals surface area contributed by atoms with Gasteiger partial charge in [-0.1, -0.05) is 42.8 Å². The third kappa shape index (κ3) is 3.94. The number of amides is 1. The average molecular weight is 359 g/mol. The molecule has 0 aromatic heterocycles. The summed E-state index contributed by atoms with van der Waals surface area (Å²) in [5.41, 5.74) is 1.25. The van der Waals surface area contributed by atoms with Gasteiger partial charge >= 0.3 is 0 Å². The molecule has 5 nitrogen and oxygen atoms in total. The average Bonchev–Trinajstić information content (AvgIpc) is 3.10. The van der Waals surface area contributed by atoms with Crippen LogP contribution in [0.5, 0.6) is 0 Å². The van der Waals surface area contributed by atoms with Crippen LogP contribution in [0.3, 0.4) is 0 Å². The molecule has 0 bridgehead atoms.